The van der Waals surface area contributed by atoms with Gasteiger partial charge in [-0.05, 0) is 38.1 Å². The summed E-state index contributed by atoms with van der Waals surface area (Å²) in [6.07, 6.45) is 0.0775. The van der Waals surface area contributed by atoms with Gasteiger partial charge in [0, 0.05) is 26.1 Å². The van der Waals surface area contributed by atoms with Crippen molar-refractivity contribution < 1.29 is 14.4 Å². The summed E-state index contributed by atoms with van der Waals surface area (Å²) in [5.74, 6) is 0.0295. The Kier molecular flexibility index (Phi) is 4.88. The number of benzene rings is 2. The highest BCUT2D eigenvalue weighted by molar-refractivity contribution is 6.21. The van der Waals surface area contributed by atoms with Crippen molar-refractivity contribution in [3.05, 3.63) is 65.0 Å². The standard InChI is InChI=1S/C22H22N4O3/c1-14-7-8-16-17(13-14)22(29)26(21(16)28)11-9-20(27)23-10-12-25-15(2)24-18-5-3-4-6-19(18)25/h3-8,13H,9-12H2,1-2H3,(H,23,27). The highest BCUT2D eigenvalue weighted by Gasteiger charge is 2.35. The number of carbonyl (C=O) groups is 3. The second-order valence-corrected chi connectivity index (χ2v) is 7.21. The van der Waals surface area contributed by atoms with E-state index in [1.165, 1.54) is 0 Å². The van der Waals surface area contributed by atoms with E-state index in [0.717, 1.165) is 27.3 Å². The summed E-state index contributed by atoms with van der Waals surface area (Å²) < 4.78 is 2.06. The number of amides is 3. The smallest absolute Gasteiger partial charge is 0.261 e. The summed E-state index contributed by atoms with van der Waals surface area (Å²) in [7, 11) is 0. The molecule has 0 saturated carbocycles. The third-order valence-corrected chi connectivity index (χ3v) is 5.19. The Bertz CT molecular complexity index is 1130. The van der Waals surface area contributed by atoms with Gasteiger partial charge in [-0.3, -0.25) is 19.3 Å². The van der Waals surface area contributed by atoms with Crippen LogP contribution in [0.3, 0.4) is 0 Å². The molecule has 0 radical (unpaired) electrons. The summed E-state index contributed by atoms with van der Waals surface area (Å²) in [5, 5.41) is 2.86. The zero-order chi connectivity index (χ0) is 20.5. The molecule has 148 valence electrons. The molecule has 2 aromatic carbocycles. The van der Waals surface area contributed by atoms with Gasteiger partial charge in [-0.2, -0.15) is 0 Å². The topological polar surface area (TPSA) is 84.3 Å². The van der Waals surface area contributed by atoms with Crippen LogP contribution in [0.5, 0.6) is 0 Å². The van der Waals surface area contributed by atoms with E-state index in [9.17, 15) is 14.4 Å². The van der Waals surface area contributed by atoms with Crippen molar-refractivity contribution in [1.29, 1.82) is 0 Å². The lowest BCUT2D eigenvalue weighted by molar-refractivity contribution is -0.121. The molecule has 1 aromatic heterocycles. The van der Waals surface area contributed by atoms with Gasteiger partial charge in [-0.25, -0.2) is 4.98 Å². The van der Waals surface area contributed by atoms with Crippen LogP contribution in [0.15, 0.2) is 42.5 Å². The van der Waals surface area contributed by atoms with Crippen molar-refractivity contribution in [1.82, 2.24) is 19.8 Å². The Morgan fingerprint density at radius 3 is 2.59 bits per heavy atom. The first-order valence-electron chi connectivity index (χ1n) is 9.61. The van der Waals surface area contributed by atoms with Gasteiger partial charge in [0.25, 0.3) is 11.8 Å². The van der Waals surface area contributed by atoms with Gasteiger partial charge in [0.1, 0.15) is 5.82 Å². The molecule has 0 aliphatic carbocycles. The minimum absolute atomic E-state index is 0.0737. The molecular formula is C22H22N4O3. The Hall–Kier alpha value is -3.48. The van der Waals surface area contributed by atoms with Crippen LogP contribution in [-0.2, 0) is 11.3 Å². The van der Waals surface area contributed by atoms with Crippen LogP contribution in [0.2, 0.25) is 0 Å². The van der Waals surface area contributed by atoms with Gasteiger partial charge in [0.05, 0.1) is 22.2 Å². The van der Waals surface area contributed by atoms with Gasteiger partial charge >= 0.3 is 0 Å². The first kappa shape index (κ1) is 18.9. The number of rotatable bonds is 6. The van der Waals surface area contributed by atoms with Crippen LogP contribution >= 0.6 is 0 Å². The van der Waals surface area contributed by atoms with Gasteiger partial charge in [0.2, 0.25) is 5.91 Å². The van der Waals surface area contributed by atoms with E-state index in [4.69, 9.17) is 0 Å². The average Bonchev–Trinajstić information content (AvgIpc) is 3.14. The third kappa shape index (κ3) is 3.51. The number of hydrogen-bond donors (Lipinski definition) is 1. The average molecular weight is 390 g/mol. The lowest BCUT2D eigenvalue weighted by atomic mass is 10.1. The summed E-state index contributed by atoms with van der Waals surface area (Å²) in [4.78, 5) is 42.8. The van der Waals surface area contributed by atoms with Crippen LogP contribution in [0.4, 0.5) is 0 Å². The minimum atomic E-state index is -0.335. The van der Waals surface area contributed by atoms with Crippen LogP contribution in [0, 0.1) is 13.8 Å². The highest BCUT2D eigenvalue weighted by Crippen LogP contribution is 2.24. The van der Waals surface area contributed by atoms with Gasteiger partial charge in [-0.15, -0.1) is 0 Å². The molecule has 0 spiro atoms. The third-order valence-electron chi connectivity index (χ3n) is 5.19. The molecule has 0 bridgehead atoms. The van der Waals surface area contributed by atoms with E-state index in [1.807, 2.05) is 44.2 Å². The van der Waals surface area contributed by atoms with Gasteiger partial charge < -0.3 is 9.88 Å². The molecule has 3 amide bonds. The molecule has 3 aromatic rings. The molecule has 0 unspecified atom stereocenters. The van der Waals surface area contributed by atoms with Crippen molar-refractivity contribution in [3.8, 4) is 0 Å². The Balaban J connectivity index is 1.31. The molecule has 2 heterocycles. The molecule has 0 fully saturated rings. The summed E-state index contributed by atoms with van der Waals surface area (Å²) >= 11 is 0. The van der Waals surface area contributed by atoms with Gasteiger partial charge in [-0.1, -0.05) is 23.8 Å². The van der Waals surface area contributed by atoms with E-state index in [-0.39, 0.29) is 30.7 Å². The number of nitrogens with one attached hydrogen (secondary N) is 1. The predicted octanol–water partition coefficient (Wildman–Crippen LogP) is 2.46. The molecule has 1 aliphatic rings. The summed E-state index contributed by atoms with van der Waals surface area (Å²) in [6.45, 7) is 4.93. The second-order valence-electron chi connectivity index (χ2n) is 7.21. The number of aromatic nitrogens is 2. The van der Waals surface area contributed by atoms with Crippen molar-refractivity contribution in [3.63, 3.8) is 0 Å². The maximum absolute atomic E-state index is 12.5. The van der Waals surface area contributed by atoms with Gasteiger partial charge in [0.15, 0.2) is 0 Å². The number of imidazole rings is 1. The van der Waals surface area contributed by atoms with E-state index in [0.29, 0.717) is 24.2 Å². The van der Waals surface area contributed by atoms with Crippen LogP contribution in [-0.4, -0.2) is 45.3 Å². The molecule has 7 nitrogen and oxygen atoms in total. The Labute approximate surface area is 168 Å². The van der Waals surface area contributed by atoms with E-state index in [2.05, 4.69) is 14.9 Å². The second kappa shape index (κ2) is 7.50. The van der Waals surface area contributed by atoms with Crippen molar-refractivity contribution in [2.24, 2.45) is 0 Å². The van der Waals surface area contributed by atoms with E-state index >= 15 is 0 Å². The monoisotopic (exact) mass is 390 g/mol. The lowest BCUT2D eigenvalue weighted by Crippen LogP contribution is -2.35. The fourth-order valence-electron chi connectivity index (χ4n) is 3.69. The van der Waals surface area contributed by atoms with Crippen LogP contribution < -0.4 is 5.32 Å². The first-order chi connectivity index (χ1) is 14.0. The maximum atomic E-state index is 12.5. The molecule has 0 atom stereocenters. The summed E-state index contributed by atoms with van der Waals surface area (Å²) in [6, 6.07) is 13.1. The van der Waals surface area contributed by atoms with E-state index in [1.54, 1.807) is 12.1 Å². The maximum Gasteiger partial charge on any atom is 0.261 e. The molecule has 29 heavy (non-hydrogen) atoms. The fourth-order valence-corrected chi connectivity index (χ4v) is 3.69. The molecule has 0 saturated heterocycles. The first-order valence-corrected chi connectivity index (χ1v) is 9.61. The number of para-hydroxylation sites is 2. The zero-order valence-electron chi connectivity index (χ0n) is 16.4. The predicted molar refractivity (Wildman–Crippen MR) is 109 cm³/mol. The summed E-state index contributed by atoms with van der Waals surface area (Å²) in [5.41, 5.74) is 3.70. The molecule has 4 rings (SSSR count). The number of hydrogen-bond acceptors (Lipinski definition) is 4. The number of fused-ring (bicyclic) bond motifs is 2. The molecule has 1 N–H and O–H groups in total. The number of imide groups is 1. The van der Waals surface area contributed by atoms with Crippen LogP contribution in [0.25, 0.3) is 11.0 Å². The SMILES string of the molecule is Cc1ccc2c(c1)C(=O)N(CCC(=O)NCCn1c(C)nc3ccccc31)C2=O. The number of carbonyl (C=O) groups excluding carboxylic acids is 3. The molecular weight excluding hydrogens is 368 g/mol. The number of nitrogens with zero attached hydrogens (tertiary/aromatic N) is 3. The molecule has 1 aliphatic heterocycles. The van der Waals surface area contributed by atoms with Crippen molar-refractivity contribution in [2.45, 2.75) is 26.8 Å². The Morgan fingerprint density at radius 1 is 1.00 bits per heavy atom. The number of aryl methyl sites for hydroxylation is 2. The lowest BCUT2D eigenvalue weighted by Gasteiger charge is -2.14. The van der Waals surface area contributed by atoms with Crippen molar-refractivity contribution >= 4 is 28.8 Å². The van der Waals surface area contributed by atoms with Crippen molar-refractivity contribution in [2.75, 3.05) is 13.1 Å². The quantitative estimate of drug-likeness (QED) is 0.656. The Morgan fingerprint density at radius 2 is 1.76 bits per heavy atom. The van der Waals surface area contributed by atoms with E-state index < -0.39 is 0 Å². The normalized spacial score (nSPS) is 13.2. The van der Waals surface area contributed by atoms with Crippen LogP contribution in [0.1, 0.15) is 38.5 Å². The highest BCUT2D eigenvalue weighted by atomic mass is 16.2. The zero-order valence-corrected chi connectivity index (χ0v) is 16.4. The largest absolute Gasteiger partial charge is 0.354 e. The molecule has 7 heteroatoms. The minimum Gasteiger partial charge on any atom is -0.354 e. The fraction of sp³-hybridized carbons (Fsp3) is 0.273.